The number of aryl methyl sites for hydroxylation is 3. The maximum Gasteiger partial charge on any atom is 0.289 e. The molecule has 0 radical (unpaired) electrons. The van der Waals surface area contributed by atoms with Crippen molar-refractivity contribution in [1.82, 2.24) is 4.90 Å². The van der Waals surface area contributed by atoms with Crippen LogP contribution in [0.3, 0.4) is 0 Å². The van der Waals surface area contributed by atoms with Crippen molar-refractivity contribution in [2.45, 2.75) is 72.1 Å². The average molecular weight is 513 g/mol. The Morgan fingerprint density at radius 1 is 0.737 bits per heavy atom. The average Bonchev–Trinajstić information content (AvgIpc) is 3.37. The fourth-order valence-corrected chi connectivity index (χ4v) is 6.27. The van der Waals surface area contributed by atoms with Crippen molar-refractivity contribution in [3.63, 3.8) is 0 Å². The number of hydrogen-bond acceptors (Lipinski definition) is 4. The molecule has 5 rings (SSSR count). The Morgan fingerprint density at radius 2 is 1.29 bits per heavy atom. The number of carbonyl (C=O) groups is 2. The molecule has 0 bridgehead atoms. The van der Waals surface area contributed by atoms with Crippen LogP contribution >= 0.6 is 0 Å². The first-order valence-corrected chi connectivity index (χ1v) is 13.8. The van der Waals surface area contributed by atoms with Crippen LogP contribution < -0.4 is 4.90 Å². The lowest BCUT2D eigenvalue weighted by atomic mass is 9.62. The van der Waals surface area contributed by atoms with Gasteiger partial charge in [0.2, 0.25) is 5.78 Å². The second kappa shape index (κ2) is 9.44. The summed E-state index contributed by atoms with van der Waals surface area (Å²) in [7, 11) is 0. The van der Waals surface area contributed by atoms with Gasteiger partial charge in [0, 0.05) is 37.4 Å². The molecular weight excluding hydrogens is 472 g/mol. The Morgan fingerprint density at radius 3 is 1.89 bits per heavy atom. The predicted molar refractivity (Wildman–Crippen MR) is 153 cm³/mol. The predicted octanol–water partition coefficient (Wildman–Crippen LogP) is 6.75. The number of hydrogen-bond donors (Lipinski definition) is 0. The number of carbonyl (C=O) groups excluding carboxylic acids is 2. The SMILES string of the molecule is Cc1cc2c(cc1C(=O)c1ccc(C(=O)N3CCN(c4c(C)cccc4C)CC3)o1)C(C)(C)CCC2(C)C. The summed E-state index contributed by atoms with van der Waals surface area (Å²) in [5, 5.41) is 0. The van der Waals surface area contributed by atoms with E-state index in [0.29, 0.717) is 18.7 Å². The zero-order chi connectivity index (χ0) is 27.4. The van der Waals surface area contributed by atoms with Gasteiger partial charge in [-0.05, 0) is 90.5 Å². The second-order valence-electron chi connectivity index (χ2n) is 12.5. The Balaban J connectivity index is 1.33. The van der Waals surface area contributed by atoms with E-state index in [-0.39, 0.29) is 34.0 Å². The van der Waals surface area contributed by atoms with Crippen LogP contribution in [-0.4, -0.2) is 42.8 Å². The van der Waals surface area contributed by atoms with Crippen molar-refractivity contribution in [3.05, 3.63) is 87.4 Å². The number of anilines is 1. The van der Waals surface area contributed by atoms with E-state index in [1.54, 1.807) is 12.1 Å². The van der Waals surface area contributed by atoms with Gasteiger partial charge in [0.15, 0.2) is 11.5 Å². The lowest BCUT2D eigenvalue weighted by Gasteiger charge is -2.42. The summed E-state index contributed by atoms with van der Waals surface area (Å²) < 4.78 is 5.90. The number of furan rings is 1. The number of fused-ring (bicyclic) bond motifs is 1. The Kier molecular flexibility index (Phi) is 6.53. The summed E-state index contributed by atoms with van der Waals surface area (Å²) >= 11 is 0. The molecule has 0 saturated carbocycles. The molecule has 0 atom stereocenters. The van der Waals surface area contributed by atoms with E-state index in [1.165, 1.54) is 27.9 Å². The Bertz CT molecular complexity index is 1380. The molecule has 200 valence electrons. The molecule has 1 saturated heterocycles. The van der Waals surface area contributed by atoms with Gasteiger partial charge in [0.05, 0.1) is 0 Å². The van der Waals surface area contributed by atoms with E-state index in [1.807, 2.05) is 11.8 Å². The number of rotatable bonds is 4. The number of para-hydroxylation sites is 1. The molecule has 3 aromatic rings. The summed E-state index contributed by atoms with van der Waals surface area (Å²) in [5.41, 5.74) is 8.05. The molecule has 5 heteroatoms. The number of nitrogens with zero attached hydrogens (tertiary/aromatic N) is 2. The Labute approximate surface area is 226 Å². The van der Waals surface area contributed by atoms with Gasteiger partial charge in [-0.25, -0.2) is 0 Å². The van der Waals surface area contributed by atoms with E-state index >= 15 is 0 Å². The quantitative estimate of drug-likeness (QED) is 0.363. The third-order valence-electron chi connectivity index (χ3n) is 8.81. The molecule has 1 amide bonds. The lowest BCUT2D eigenvalue weighted by Crippen LogP contribution is -2.49. The van der Waals surface area contributed by atoms with Crippen LogP contribution in [0.15, 0.2) is 46.9 Å². The maximum atomic E-state index is 13.6. The molecule has 0 N–H and O–H groups in total. The summed E-state index contributed by atoms with van der Waals surface area (Å²) in [6.07, 6.45) is 2.21. The smallest absolute Gasteiger partial charge is 0.289 e. The molecule has 1 aliphatic carbocycles. The van der Waals surface area contributed by atoms with E-state index in [4.69, 9.17) is 4.42 Å². The van der Waals surface area contributed by atoms with Crippen molar-refractivity contribution in [1.29, 1.82) is 0 Å². The van der Waals surface area contributed by atoms with Crippen LogP contribution in [0.25, 0.3) is 0 Å². The standard InChI is InChI=1S/C33H40N2O3/c1-21-9-8-10-22(2)29(21)34-15-17-35(18-16-34)31(37)28-12-11-27(38-28)30(36)24-20-26-25(19-23(24)3)32(4,5)13-14-33(26,6)7/h8-12,19-20H,13-18H2,1-7H3. The minimum absolute atomic E-state index is 0.0108. The number of piperazine rings is 1. The molecule has 0 unspecified atom stereocenters. The lowest BCUT2D eigenvalue weighted by molar-refractivity contribution is 0.0712. The summed E-state index contributed by atoms with van der Waals surface area (Å²) in [6, 6.07) is 13.9. The van der Waals surface area contributed by atoms with E-state index < -0.39 is 0 Å². The molecule has 5 nitrogen and oxygen atoms in total. The van der Waals surface area contributed by atoms with Gasteiger partial charge in [0.25, 0.3) is 5.91 Å². The summed E-state index contributed by atoms with van der Waals surface area (Å²) in [6.45, 7) is 18.1. The van der Waals surface area contributed by atoms with E-state index in [9.17, 15) is 9.59 Å². The molecule has 1 aromatic heterocycles. The zero-order valence-corrected chi connectivity index (χ0v) is 23.9. The second-order valence-corrected chi connectivity index (χ2v) is 12.5. The molecule has 1 aliphatic heterocycles. The highest BCUT2D eigenvalue weighted by Crippen LogP contribution is 2.46. The number of ketones is 1. The molecule has 38 heavy (non-hydrogen) atoms. The van der Waals surface area contributed by atoms with Crippen molar-refractivity contribution in [3.8, 4) is 0 Å². The number of amides is 1. The third-order valence-corrected chi connectivity index (χ3v) is 8.81. The molecular formula is C33H40N2O3. The largest absolute Gasteiger partial charge is 0.447 e. The fourth-order valence-electron chi connectivity index (χ4n) is 6.27. The van der Waals surface area contributed by atoms with Gasteiger partial charge in [-0.15, -0.1) is 0 Å². The molecule has 2 heterocycles. The van der Waals surface area contributed by atoms with Crippen molar-refractivity contribution in [2.75, 3.05) is 31.1 Å². The third kappa shape index (κ3) is 4.57. The number of benzene rings is 2. The minimum atomic E-state index is -0.164. The van der Waals surface area contributed by atoms with Crippen LogP contribution in [0.5, 0.6) is 0 Å². The van der Waals surface area contributed by atoms with E-state index in [2.05, 4.69) is 76.8 Å². The zero-order valence-electron chi connectivity index (χ0n) is 23.9. The monoisotopic (exact) mass is 512 g/mol. The first kappa shape index (κ1) is 26.3. The van der Waals surface area contributed by atoms with Gasteiger partial charge in [-0.3, -0.25) is 9.59 Å². The van der Waals surface area contributed by atoms with Gasteiger partial charge in [-0.1, -0.05) is 52.0 Å². The fraction of sp³-hybridized carbons (Fsp3) is 0.455. The van der Waals surface area contributed by atoms with Crippen LogP contribution in [0.4, 0.5) is 5.69 Å². The van der Waals surface area contributed by atoms with E-state index in [0.717, 1.165) is 31.5 Å². The van der Waals surface area contributed by atoms with Gasteiger partial charge in [0.1, 0.15) is 0 Å². The topological polar surface area (TPSA) is 53.8 Å². The minimum Gasteiger partial charge on any atom is -0.447 e. The maximum absolute atomic E-state index is 13.6. The van der Waals surface area contributed by atoms with Crippen LogP contribution in [-0.2, 0) is 10.8 Å². The normalized spacial score (nSPS) is 18.3. The molecule has 0 spiro atoms. The molecule has 2 aliphatic rings. The van der Waals surface area contributed by atoms with Gasteiger partial charge < -0.3 is 14.2 Å². The molecule has 1 fully saturated rings. The van der Waals surface area contributed by atoms with Crippen molar-refractivity contribution >= 4 is 17.4 Å². The first-order chi connectivity index (χ1) is 17.9. The van der Waals surface area contributed by atoms with Crippen LogP contribution in [0.1, 0.15) is 95.0 Å². The first-order valence-electron chi connectivity index (χ1n) is 13.8. The Hall–Kier alpha value is -3.34. The van der Waals surface area contributed by atoms with Crippen molar-refractivity contribution < 1.29 is 14.0 Å². The molecule has 2 aromatic carbocycles. The van der Waals surface area contributed by atoms with Crippen molar-refractivity contribution in [2.24, 2.45) is 0 Å². The van der Waals surface area contributed by atoms with Gasteiger partial charge >= 0.3 is 0 Å². The summed E-state index contributed by atoms with van der Waals surface area (Å²) in [4.78, 5) is 31.0. The highest BCUT2D eigenvalue weighted by atomic mass is 16.4. The van der Waals surface area contributed by atoms with Gasteiger partial charge in [-0.2, -0.15) is 0 Å². The van der Waals surface area contributed by atoms with Crippen LogP contribution in [0.2, 0.25) is 0 Å². The summed E-state index contributed by atoms with van der Waals surface area (Å²) in [5.74, 6) is 0.128. The van der Waals surface area contributed by atoms with Crippen LogP contribution in [0, 0.1) is 20.8 Å². The highest BCUT2D eigenvalue weighted by molar-refractivity contribution is 6.09. The highest BCUT2D eigenvalue weighted by Gasteiger charge is 2.38.